The van der Waals surface area contributed by atoms with Gasteiger partial charge in [-0.2, -0.15) is 0 Å². The molecular formula is C15H24N2O3. The van der Waals surface area contributed by atoms with Crippen molar-refractivity contribution in [2.45, 2.75) is 39.3 Å². The Morgan fingerprint density at radius 2 is 2.20 bits per heavy atom. The van der Waals surface area contributed by atoms with Crippen LogP contribution in [0.4, 0.5) is 0 Å². The molecule has 112 valence electrons. The van der Waals surface area contributed by atoms with Crippen LogP contribution in [0.3, 0.4) is 0 Å². The van der Waals surface area contributed by atoms with Crippen LogP contribution in [0.25, 0.3) is 0 Å². The fourth-order valence-electron chi connectivity index (χ4n) is 1.72. The minimum atomic E-state index is -0.565. The largest absolute Gasteiger partial charge is 0.497 e. The molecule has 1 aromatic carbocycles. The first-order valence-corrected chi connectivity index (χ1v) is 6.93. The van der Waals surface area contributed by atoms with E-state index in [0.29, 0.717) is 24.6 Å². The van der Waals surface area contributed by atoms with Gasteiger partial charge in [-0.25, -0.2) is 0 Å². The molecule has 0 aliphatic rings. The van der Waals surface area contributed by atoms with Crippen LogP contribution >= 0.6 is 0 Å². The monoisotopic (exact) mass is 280 g/mol. The van der Waals surface area contributed by atoms with E-state index in [4.69, 9.17) is 15.2 Å². The number of nitrogens with one attached hydrogen (secondary N) is 1. The molecule has 0 spiro atoms. The van der Waals surface area contributed by atoms with Crippen LogP contribution in [0, 0.1) is 0 Å². The Labute approximate surface area is 120 Å². The van der Waals surface area contributed by atoms with Crippen molar-refractivity contribution in [3.8, 4) is 11.5 Å². The summed E-state index contributed by atoms with van der Waals surface area (Å²) in [5.41, 5.74) is 6.52. The van der Waals surface area contributed by atoms with Gasteiger partial charge < -0.3 is 20.5 Å². The van der Waals surface area contributed by atoms with Gasteiger partial charge in [0.2, 0.25) is 0 Å². The molecule has 1 aromatic rings. The highest BCUT2D eigenvalue weighted by Crippen LogP contribution is 2.25. The molecule has 20 heavy (non-hydrogen) atoms. The maximum Gasteiger partial charge on any atom is 0.260 e. The van der Waals surface area contributed by atoms with Crippen LogP contribution in [0.2, 0.25) is 0 Å². The van der Waals surface area contributed by atoms with E-state index in [-0.39, 0.29) is 5.91 Å². The molecule has 0 aliphatic heterocycles. The van der Waals surface area contributed by atoms with Crippen LogP contribution < -0.4 is 20.5 Å². The van der Waals surface area contributed by atoms with Gasteiger partial charge in [-0.3, -0.25) is 4.79 Å². The normalized spacial score (nSPS) is 11.8. The van der Waals surface area contributed by atoms with Crippen molar-refractivity contribution in [1.82, 2.24) is 5.32 Å². The van der Waals surface area contributed by atoms with Crippen molar-refractivity contribution in [2.75, 3.05) is 13.7 Å². The van der Waals surface area contributed by atoms with Crippen LogP contribution in [-0.2, 0) is 11.3 Å². The summed E-state index contributed by atoms with van der Waals surface area (Å²) in [6.45, 7) is 4.82. The molecule has 0 aliphatic carbocycles. The van der Waals surface area contributed by atoms with E-state index in [9.17, 15) is 4.79 Å². The van der Waals surface area contributed by atoms with Crippen molar-refractivity contribution in [3.63, 3.8) is 0 Å². The molecular weight excluding hydrogens is 256 g/mol. The zero-order chi connectivity index (χ0) is 15.0. The van der Waals surface area contributed by atoms with Gasteiger partial charge in [0.15, 0.2) is 6.10 Å². The van der Waals surface area contributed by atoms with Gasteiger partial charge in [0.1, 0.15) is 11.5 Å². The predicted octanol–water partition coefficient (Wildman–Crippen LogP) is 1.84. The summed E-state index contributed by atoms with van der Waals surface area (Å²) < 4.78 is 10.9. The lowest BCUT2D eigenvalue weighted by molar-refractivity contribution is -0.127. The van der Waals surface area contributed by atoms with Crippen LogP contribution in [0.1, 0.15) is 32.3 Å². The van der Waals surface area contributed by atoms with Gasteiger partial charge in [0, 0.05) is 24.7 Å². The number of unbranched alkanes of at least 4 members (excludes halogenated alkanes) is 1. The molecule has 5 heteroatoms. The van der Waals surface area contributed by atoms with E-state index < -0.39 is 6.10 Å². The number of nitrogens with two attached hydrogens (primary N) is 1. The van der Waals surface area contributed by atoms with Crippen LogP contribution in [0.15, 0.2) is 18.2 Å². The average Bonchev–Trinajstić information content (AvgIpc) is 2.47. The summed E-state index contributed by atoms with van der Waals surface area (Å²) in [5, 5.41) is 2.84. The van der Waals surface area contributed by atoms with Gasteiger partial charge in [-0.15, -0.1) is 0 Å². The molecule has 1 amide bonds. The molecule has 0 aromatic heterocycles. The Morgan fingerprint density at radius 3 is 2.80 bits per heavy atom. The zero-order valence-corrected chi connectivity index (χ0v) is 12.4. The third kappa shape index (κ3) is 4.74. The second kappa shape index (κ2) is 8.43. The minimum Gasteiger partial charge on any atom is -0.497 e. The van der Waals surface area contributed by atoms with Crippen molar-refractivity contribution >= 4 is 5.91 Å². The van der Waals surface area contributed by atoms with Crippen molar-refractivity contribution in [2.24, 2.45) is 5.73 Å². The molecule has 0 fully saturated rings. The van der Waals surface area contributed by atoms with Gasteiger partial charge in [0.25, 0.3) is 5.91 Å². The lowest BCUT2D eigenvalue weighted by Gasteiger charge is -2.17. The summed E-state index contributed by atoms with van der Waals surface area (Å²) in [7, 11) is 1.59. The van der Waals surface area contributed by atoms with E-state index >= 15 is 0 Å². The number of carbonyl (C=O) groups excluding carboxylic acids is 1. The fourth-order valence-corrected chi connectivity index (χ4v) is 1.72. The molecule has 1 rings (SSSR count). The first-order valence-electron chi connectivity index (χ1n) is 6.93. The minimum absolute atomic E-state index is 0.121. The van der Waals surface area contributed by atoms with Gasteiger partial charge >= 0.3 is 0 Å². The molecule has 5 nitrogen and oxygen atoms in total. The van der Waals surface area contributed by atoms with E-state index in [1.54, 1.807) is 20.1 Å². The number of carbonyl (C=O) groups is 1. The number of benzene rings is 1. The molecule has 0 bridgehead atoms. The topological polar surface area (TPSA) is 73.6 Å². The smallest absolute Gasteiger partial charge is 0.260 e. The summed E-state index contributed by atoms with van der Waals surface area (Å²) in [4.78, 5) is 11.9. The van der Waals surface area contributed by atoms with E-state index in [1.807, 2.05) is 12.1 Å². The lowest BCUT2D eigenvalue weighted by atomic mass is 10.2. The summed E-state index contributed by atoms with van der Waals surface area (Å²) in [6.07, 6.45) is 1.44. The predicted molar refractivity (Wildman–Crippen MR) is 78.9 cm³/mol. The average molecular weight is 280 g/mol. The van der Waals surface area contributed by atoms with E-state index in [1.165, 1.54) is 0 Å². The Bertz CT molecular complexity index is 435. The third-order valence-corrected chi connectivity index (χ3v) is 3.00. The van der Waals surface area contributed by atoms with E-state index in [0.717, 1.165) is 18.4 Å². The Hall–Kier alpha value is -1.75. The number of hydrogen-bond acceptors (Lipinski definition) is 4. The standard InChI is InChI=1S/C15H24N2O3/c1-4-5-8-17-15(18)11(2)20-14-9-13(19-3)7-6-12(14)10-16/h6-7,9,11H,4-5,8,10,16H2,1-3H3,(H,17,18). The van der Waals surface area contributed by atoms with Crippen molar-refractivity contribution < 1.29 is 14.3 Å². The quantitative estimate of drug-likeness (QED) is 0.713. The number of amides is 1. The Kier molecular flexibility index (Phi) is 6.87. The highest BCUT2D eigenvalue weighted by molar-refractivity contribution is 5.80. The highest BCUT2D eigenvalue weighted by atomic mass is 16.5. The molecule has 0 heterocycles. The second-order valence-electron chi connectivity index (χ2n) is 4.58. The fraction of sp³-hybridized carbons (Fsp3) is 0.533. The van der Waals surface area contributed by atoms with Gasteiger partial charge in [0.05, 0.1) is 7.11 Å². The van der Waals surface area contributed by atoms with Crippen LogP contribution in [0.5, 0.6) is 11.5 Å². The zero-order valence-electron chi connectivity index (χ0n) is 12.4. The second-order valence-corrected chi connectivity index (χ2v) is 4.58. The highest BCUT2D eigenvalue weighted by Gasteiger charge is 2.16. The van der Waals surface area contributed by atoms with Gasteiger partial charge in [-0.1, -0.05) is 19.4 Å². The molecule has 0 saturated carbocycles. The number of methoxy groups -OCH3 is 1. The first-order chi connectivity index (χ1) is 9.62. The first kappa shape index (κ1) is 16.3. The number of hydrogen-bond donors (Lipinski definition) is 2. The number of ether oxygens (including phenoxy) is 2. The summed E-state index contributed by atoms with van der Waals surface area (Å²) >= 11 is 0. The molecule has 1 atom stereocenters. The van der Waals surface area contributed by atoms with Crippen LogP contribution in [-0.4, -0.2) is 25.7 Å². The van der Waals surface area contributed by atoms with E-state index in [2.05, 4.69) is 12.2 Å². The molecule has 0 saturated heterocycles. The molecule has 1 unspecified atom stereocenters. The number of rotatable bonds is 8. The third-order valence-electron chi connectivity index (χ3n) is 3.00. The molecule has 3 N–H and O–H groups in total. The Morgan fingerprint density at radius 1 is 1.45 bits per heavy atom. The van der Waals surface area contributed by atoms with Gasteiger partial charge in [-0.05, 0) is 19.4 Å². The van der Waals surface area contributed by atoms with Crippen molar-refractivity contribution in [3.05, 3.63) is 23.8 Å². The maximum absolute atomic E-state index is 11.9. The van der Waals surface area contributed by atoms with Crippen molar-refractivity contribution in [1.29, 1.82) is 0 Å². The Balaban J connectivity index is 2.68. The maximum atomic E-state index is 11.9. The lowest BCUT2D eigenvalue weighted by Crippen LogP contribution is -2.37. The SMILES string of the molecule is CCCCNC(=O)C(C)Oc1cc(OC)ccc1CN. The summed E-state index contributed by atoms with van der Waals surface area (Å²) in [5.74, 6) is 1.14. The summed E-state index contributed by atoms with van der Waals surface area (Å²) in [6, 6.07) is 5.41. The molecule has 0 radical (unpaired) electrons.